The maximum atomic E-state index is 12.7. The van der Waals surface area contributed by atoms with Crippen molar-refractivity contribution in [1.82, 2.24) is 15.0 Å². The van der Waals surface area contributed by atoms with Gasteiger partial charge in [0.1, 0.15) is 5.69 Å². The number of benzene rings is 2. The van der Waals surface area contributed by atoms with Crippen LogP contribution in [0, 0.1) is 18.3 Å². The molecule has 1 amide bonds. The van der Waals surface area contributed by atoms with E-state index in [9.17, 15) is 4.79 Å². The maximum absolute atomic E-state index is 12.7. The van der Waals surface area contributed by atoms with Crippen molar-refractivity contribution >= 4 is 34.1 Å². The van der Waals surface area contributed by atoms with Crippen LogP contribution in [0.3, 0.4) is 0 Å². The molecule has 0 spiro atoms. The summed E-state index contributed by atoms with van der Waals surface area (Å²) in [5.74, 6) is -0.0798. The zero-order valence-corrected chi connectivity index (χ0v) is 15.5. The number of fused-ring (bicyclic) bond motifs is 1. The van der Waals surface area contributed by atoms with E-state index >= 15 is 0 Å². The monoisotopic (exact) mass is 380 g/mol. The Labute approximate surface area is 167 Å². The molecule has 0 aliphatic heterocycles. The van der Waals surface area contributed by atoms with E-state index in [1.165, 1.54) is 0 Å². The summed E-state index contributed by atoms with van der Waals surface area (Å²) in [6, 6.07) is 20.0. The molecule has 0 unspecified atom stereocenters. The molecule has 7 nitrogen and oxygen atoms in total. The summed E-state index contributed by atoms with van der Waals surface area (Å²) in [7, 11) is 0. The molecule has 0 saturated carbocycles. The molecule has 2 aromatic heterocycles. The van der Waals surface area contributed by atoms with Gasteiger partial charge in [0, 0.05) is 23.0 Å². The first-order valence-corrected chi connectivity index (χ1v) is 8.90. The van der Waals surface area contributed by atoms with E-state index < -0.39 is 0 Å². The second kappa shape index (κ2) is 7.74. The van der Waals surface area contributed by atoms with Gasteiger partial charge in [-0.3, -0.25) is 9.78 Å². The van der Waals surface area contributed by atoms with E-state index in [0.29, 0.717) is 22.9 Å². The molecule has 0 radical (unpaired) electrons. The van der Waals surface area contributed by atoms with E-state index in [4.69, 9.17) is 5.26 Å². The molecule has 2 N–H and O–H groups in total. The van der Waals surface area contributed by atoms with Crippen molar-refractivity contribution in [3.63, 3.8) is 0 Å². The summed E-state index contributed by atoms with van der Waals surface area (Å²) >= 11 is 0. The van der Waals surface area contributed by atoms with Crippen molar-refractivity contribution < 1.29 is 4.79 Å². The van der Waals surface area contributed by atoms with Crippen LogP contribution in [0.15, 0.2) is 66.9 Å². The van der Waals surface area contributed by atoms with Crippen LogP contribution in [0.25, 0.3) is 10.9 Å². The number of amides is 1. The number of pyridine rings is 1. The SMILES string of the molecule is Cc1cc(C(=O)Nc2cccc(C#N)c2)nc(Nc2cccc3cccnc23)n1. The minimum atomic E-state index is -0.385. The highest BCUT2D eigenvalue weighted by molar-refractivity contribution is 6.03. The smallest absolute Gasteiger partial charge is 0.274 e. The second-order valence-electron chi connectivity index (χ2n) is 6.37. The number of carbonyl (C=O) groups is 1. The minimum absolute atomic E-state index is 0.218. The van der Waals surface area contributed by atoms with Gasteiger partial charge in [0.2, 0.25) is 5.95 Å². The fraction of sp³-hybridized carbons (Fsp3) is 0.0455. The number of hydrogen-bond donors (Lipinski definition) is 2. The molecular weight excluding hydrogens is 364 g/mol. The topological polar surface area (TPSA) is 104 Å². The maximum Gasteiger partial charge on any atom is 0.274 e. The van der Waals surface area contributed by atoms with E-state index in [0.717, 1.165) is 16.6 Å². The summed E-state index contributed by atoms with van der Waals surface area (Å²) in [5.41, 5.74) is 3.40. The van der Waals surface area contributed by atoms with Gasteiger partial charge in [-0.15, -0.1) is 0 Å². The van der Waals surface area contributed by atoms with Gasteiger partial charge in [-0.05, 0) is 43.3 Å². The van der Waals surface area contributed by atoms with Crippen LogP contribution < -0.4 is 10.6 Å². The van der Waals surface area contributed by atoms with Gasteiger partial charge in [0.15, 0.2) is 0 Å². The summed E-state index contributed by atoms with van der Waals surface area (Å²) in [6.07, 6.45) is 1.72. The van der Waals surface area contributed by atoms with Gasteiger partial charge in [-0.1, -0.05) is 24.3 Å². The molecule has 0 fully saturated rings. The van der Waals surface area contributed by atoms with Gasteiger partial charge in [0.05, 0.1) is 22.8 Å². The van der Waals surface area contributed by atoms with E-state index in [1.54, 1.807) is 43.5 Å². The predicted octanol–water partition coefficient (Wildman–Crippen LogP) is 4.20. The predicted molar refractivity (Wildman–Crippen MR) is 111 cm³/mol. The van der Waals surface area contributed by atoms with Gasteiger partial charge < -0.3 is 10.6 Å². The third kappa shape index (κ3) is 4.01. The van der Waals surface area contributed by atoms with E-state index in [-0.39, 0.29) is 11.6 Å². The third-order valence-electron chi connectivity index (χ3n) is 4.22. The number of nitrogens with one attached hydrogen (secondary N) is 2. The molecule has 0 atom stereocenters. The molecule has 2 heterocycles. The first-order valence-electron chi connectivity index (χ1n) is 8.90. The van der Waals surface area contributed by atoms with Crippen LogP contribution in [0.5, 0.6) is 0 Å². The van der Waals surface area contributed by atoms with Gasteiger partial charge in [-0.25, -0.2) is 9.97 Å². The average Bonchev–Trinajstić information content (AvgIpc) is 2.74. The molecular formula is C22H16N6O. The summed E-state index contributed by atoms with van der Waals surface area (Å²) in [4.78, 5) is 25.8. The number of nitrogens with zero attached hydrogens (tertiary/aromatic N) is 4. The Morgan fingerprint density at radius 3 is 2.72 bits per heavy atom. The quantitative estimate of drug-likeness (QED) is 0.550. The Kier molecular flexibility index (Phi) is 4.82. The summed E-state index contributed by atoms with van der Waals surface area (Å²) in [5, 5.41) is 15.9. The fourth-order valence-corrected chi connectivity index (χ4v) is 2.93. The zero-order valence-electron chi connectivity index (χ0n) is 15.5. The van der Waals surface area contributed by atoms with Crippen molar-refractivity contribution in [2.45, 2.75) is 6.92 Å². The van der Waals surface area contributed by atoms with Crippen molar-refractivity contribution in [2.75, 3.05) is 10.6 Å². The molecule has 0 bridgehead atoms. The molecule has 4 aromatic rings. The number of anilines is 3. The number of para-hydroxylation sites is 1. The van der Waals surface area contributed by atoms with Crippen LogP contribution in [0.4, 0.5) is 17.3 Å². The number of aromatic nitrogens is 3. The Hall–Kier alpha value is -4.31. The summed E-state index contributed by atoms with van der Waals surface area (Å²) < 4.78 is 0. The lowest BCUT2D eigenvalue weighted by atomic mass is 10.2. The first-order chi connectivity index (χ1) is 14.1. The van der Waals surface area contributed by atoms with Crippen molar-refractivity contribution in [3.05, 3.63) is 83.8 Å². The molecule has 140 valence electrons. The van der Waals surface area contributed by atoms with E-state index in [2.05, 4.69) is 25.6 Å². The number of aryl methyl sites for hydroxylation is 1. The second-order valence-corrected chi connectivity index (χ2v) is 6.37. The normalized spacial score (nSPS) is 10.3. The molecule has 2 aromatic carbocycles. The van der Waals surface area contributed by atoms with Crippen LogP contribution in [0.2, 0.25) is 0 Å². The highest BCUT2D eigenvalue weighted by Crippen LogP contribution is 2.23. The lowest BCUT2D eigenvalue weighted by Gasteiger charge is -2.10. The lowest BCUT2D eigenvalue weighted by Crippen LogP contribution is -2.15. The number of rotatable bonds is 4. The molecule has 29 heavy (non-hydrogen) atoms. The highest BCUT2D eigenvalue weighted by atomic mass is 16.1. The van der Waals surface area contributed by atoms with Crippen LogP contribution in [0.1, 0.15) is 21.7 Å². The standard InChI is InChI=1S/C22H16N6O/c1-14-11-19(21(29)26-17-8-2-5-15(12-17)13-23)28-22(25-14)27-18-9-3-6-16-7-4-10-24-20(16)18/h2-12H,1H3,(H,26,29)(H,25,27,28). The minimum Gasteiger partial charge on any atom is -0.322 e. The van der Waals surface area contributed by atoms with Crippen LogP contribution >= 0.6 is 0 Å². The van der Waals surface area contributed by atoms with E-state index in [1.807, 2.05) is 36.4 Å². The Morgan fingerprint density at radius 2 is 1.86 bits per heavy atom. The van der Waals surface area contributed by atoms with Gasteiger partial charge >= 0.3 is 0 Å². The molecule has 7 heteroatoms. The number of carbonyl (C=O) groups excluding carboxylic acids is 1. The number of nitriles is 1. The average molecular weight is 380 g/mol. The first kappa shape index (κ1) is 18.1. The lowest BCUT2D eigenvalue weighted by molar-refractivity contribution is 0.102. The Bertz CT molecular complexity index is 1260. The highest BCUT2D eigenvalue weighted by Gasteiger charge is 2.12. The van der Waals surface area contributed by atoms with Gasteiger partial charge in [0.25, 0.3) is 5.91 Å². The fourth-order valence-electron chi connectivity index (χ4n) is 2.93. The van der Waals surface area contributed by atoms with Crippen LogP contribution in [-0.4, -0.2) is 20.9 Å². The van der Waals surface area contributed by atoms with Crippen molar-refractivity contribution in [3.8, 4) is 6.07 Å². The van der Waals surface area contributed by atoms with Crippen molar-refractivity contribution in [1.29, 1.82) is 5.26 Å². The Morgan fingerprint density at radius 1 is 1.03 bits per heavy atom. The third-order valence-corrected chi connectivity index (χ3v) is 4.22. The number of hydrogen-bond acceptors (Lipinski definition) is 6. The molecule has 0 aliphatic carbocycles. The zero-order chi connectivity index (χ0) is 20.2. The van der Waals surface area contributed by atoms with Crippen molar-refractivity contribution in [2.24, 2.45) is 0 Å². The summed E-state index contributed by atoms with van der Waals surface area (Å²) in [6.45, 7) is 1.79. The van der Waals surface area contributed by atoms with Crippen LogP contribution in [-0.2, 0) is 0 Å². The Balaban J connectivity index is 1.62. The molecule has 0 saturated heterocycles. The molecule has 4 rings (SSSR count). The van der Waals surface area contributed by atoms with Gasteiger partial charge in [-0.2, -0.15) is 5.26 Å². The largest absolute Gasteiger partial charge is 0.322 e. The molecule has 0 aliphatic rings.